The predicted molar refractivity (Wildman–Crippen MR) is 80.5 cm³/mol. The predicted octanol–water partition coefficient (Wildman–Crippen LogP) is 2.34. The van der Waals surface area contributed by atoms with Gasteiger partial charge in [0.05, 0.1) is 5.41 Å². The van der Waals surface area contributed by atoms with Crippen molar-refractivity contribution in [3.63, 3.8) is 0 Å². The minimum atomic E-state index is 0.0377. The monoisotopic (exact) mass is 352 g/mol. The van der Waals surface area contributed by atoms with Crippen molar-refractivity contribution in [1.29, 1.82) is 0 Å². The molecule has 2 rings (SSSR count). The van der Waals surface area contributed by atoms with Crippen LogP contribution in [0.1, 0.15) is 39.5 Å². The lowest BCUT2D eigenvalue weighted by molar-refractivity contribution is -0.142. The van der Waals surface area contributed by atoms with Crippen molar-refractivity contribution in [3.05, 3.63) is 0 Å². The number of halogens is 1. The van der Waals surface area contributed by atoms with Crippen LogP contribution in [0.2, 0.25) is 0 Å². The average molecular weight is 352 g/mol. The molecule has 0 aromatic carbocycles. The number of hydrogen-bond acceptors (Lipinski definition) is 2. The second-order valence-electron chi connectivity index (χ2n) is 5.54. The van der Waals surface area contributed by atoms with E-state index < -0.39 is 0 Å². The quantitative estimate of drug-likeness (QED) is 0.465. The van der Waals surface area contributed by atoms with Crippen molar-refractivity contribution < 1.29 is 4.79 Å². The second kappa shape index (κ2) is 6.92. The highest BCUT2D eigenvalue weighted by Gasteiger charge is 2.47. The van der Waals surface area contributed by atoms with Crippen molar-refractivity contribution in [1.82, 2.24) is 10.6 Å². The molecule has 1 heterocycles. The molecule has 100 valence electrons. The summed E-state index contributed by atoms with van der Waals surface area (Å²) in [5.41, 5.74) is 0.0377. The summed E-state index contributed by atoms with van der Waals surface area (Å²) in [6.07, 6.45) is 4.49. The second-order valence-corrected chi connectivity index (χ2v) is 5.54. The Morgan fingerprint density at radius 1 is 1.41 bits per heavy atom. The number of nitrogens with one attached hydrogen (secondary N) is 2. The molecule has 2 N–H and O–H groups in total. The molecule has 1 aliphatic heterocycles. The number of alkyl halides is 1. The van der Waals surface area contributed by atoms with Gasteiger partial charge in [0.25, 0.3) is 0 Å². The maximum atomic E-state index is 11.4. The zero-order chi connectivity index (χ0) is 12.9. The fourth-order valence-electron chi connectivity index (χ4n) is 2.59. The van der Waals surface area contributed by atoms with E-state index in [1.165, 1.54) is 12.8 Å². The van der Waals surface area contributed by atoms with Crippen LogP contribution in [0.4, 0.5) is 0 Å². The van der Waals surface area contributed by atoms with E-state index in [2.05, 4.69) is 47.1 Å². The van der Waals surface area contributed by atoms with Gasteiger partial charge in [-0.25, -0.2) is 0 Å². The van der Waals surface area contributed by atoms with Gasteiger partial charge in [0.2, 0.25) is 5.91 Å². The molecule has 0 radical (unpaired) electrons. The molecular formula is C13H25IN2O. The summed E-state index contributed by atoms with van der Waals surface area (Å²) >= 11 is 2.15. The molecule has 1 spiro atoms. The Kier molecular flexibility index (Phi) is 6.20. The average Bonchev–Trinajstić information content (AvgIpc) is 2.37. The first-order valence-corrected chi connectivity index (χ1v) is 8.68. The highest BCUT2D eigenvalue weighted by Crippen LogP contribution is 2.40. The Hall–Kier alpha value is 0.160. The van der Waals surface area contributed by atoms with Gasteiger partial charge in [-0.05, 0) is 43.1 Å². The SMILES string of the molecule is CC(C)CNC1CCC2(CC1)CNC2=O.CI. The molecule has 0 aromatic rings. The van der Waals surface area contributed by atoms with Crippen LogP contribution in [0.25, 0.3) is 0 Å². The highest BCUT2D eigenvalue weighted by molar-refractivity contribution is 14.1. The summed E-state index contributed by atoms with van der Waals surface area (Å²) in [6.45, 7) is 6.49. The molecular weight excluding hydrogens is 327 g/mol. The van der Waals surface area contributed by atoms with E-state index in [1.807, 2.05) is 4.93 Å². The van der Waals surface area contributed by atoms with E-state index in [0.717, 1.165) is 25.9 Å². The molecule has 1 saturated heterocycles. The molecule has 2 aliphatic rings. The van der Waals surface area contributed by atoms with Gasteiger partial charge in [0.1, 0.15) is 0 Å². The van der Waals surface area contributed by atoms with Crippen LogP contribution < -0.4 is 10.6 Å². The number of rotatable bonds is 3. The maximum Gasteiger partial charge on any atom is 0.228 e. The lowest BCUT2D eigenvalue weighted by atomic mass is 9.68. The first-order valence-electron chi connectivity index (χ1n) is 6.52. The maximum absolute atomic E-state index is 11.4. The minimum absolute atomic E-state index is 0.0377. The molecule has 0 unspecified atom stereocenters. The van der Waals surface area contributed by atoms with Gasteiger partial charge in [0.15, 0.2) is 0 Å². The van der Waals surface area contributed by atoms with E-state index in [9.17, 15) is 4.79 Å². The van der Waals surface area contributed by atoms with Gasteiger partial charge in [-0.2, -0.15) is 0 Å². The van der Waals surface area contributed by atoms with Gasteiger partial charge >= 0.3 is 0 Å². The fourth-order valence-corrected chi connectivity index (χ4v) is 2.59. The number of carbonyl (C=O) groups excluding carboxylic acids is 1. The summed E-state index contributed by atoms with van der Waals surface area (Å²) in [6, 6.07) is 0.645. The number of carbonyl (C=O) groups is 1. The molecule has 0 atom stereocenters. The van der Waals surface area contributed by atoms with Gasteiger partial charge in [0, 0.05) is 12.6 Å². The molecule has 4 heteroatoms. The normalized spacial score (nSPS) is 31.6. The largest absolute Gasteiger partial charge is 0.354 e. The highest BCUT2D eigenvalue weighted by atomic mass is 127. The molecule has 0 aromatic heterocycles. The fraction of sp³-hybridized carbons (Fsp3) is 0.923. The third-order valence-electron chi connectivity index (χ3n) is 3.83. The Balaban J connectivity index is 0.000000686. The van der Waals surface area contributed by atoms with Crippen molar-refractivity contribution in [2.45, 2.75) is 45.6 Å². The van der Waals surface area contributed by atoms with Crippen LogP contribution in [-0.4, -0.2) is 30.0 Å². The Bertz CT molecular complexity index is 248. The topological polar surface area (TPSA) is 41.1 Å². The van der Waals surface area contributed by atoms with Crippen molar-refractivity contribution >= 4 is 28.5 Å². The van der Waals surface area contributed by atoms with Gasteiger partial charge in [-0.3, -0.25) is 4.79 Å². The van der Waals surface area contributed by atoms with Crippen LogP contribution in [0.3, 0.4) is 0 Å². The minimum Gasteiger partial charge on any atom is -0.354 e. The smallest absolute Gasteiger partial charge is 0.228 e. The van der Waals surface area contributed by atoms with Gasteiger partial charge in [-0.15, -0.1) is 0 Å². The molecule has 0 bridgehead atoms. The van der Waals surface area contributed by atoms with E-state index in [-0.39, 0.29) is 5.41 Å². The molecule has 1 amide bonds. The van der Waals surface area contributed by atoms with Crippen molar-refractivity contribution in [3.8, 4) is 0 Å². The summed E-state index contributed by atoms with van der Waals surface area (Å²) < 4.78 is 0. The molecule has 3 nitrogen and oxygen atoms in total. The van der Waals surface area contributed by atoms with Crippen LogP contribution >= 0.6 is 22.6 Å². The third-order valence-corrected chi connectivity index (χ3v) is 3.83. The number of amides is 1. The summed E-state index contributed by atoms with van der Waals surface area (Å²) in [5, 5.41) is 6.46. The molecule has 2 fully saturated rings. The third kappa shape index (κ3) is 3.81. The van der Waals surface area contributed by atoms with Crippen molar-refractivity contribution in [2.24, 2.45) is 11.3 Å². The summed E-state index contributed by atoms with van der Waals surface area (Å²) in [5.74, 6) is 1.01. The van der Waals surface area contributed by atoms with E-state index in [4.69, 9.17) is 0 Å². The van der Waals surface area contributed by atoms with Crippen LogP contribution in [0, 0.1) is 11.3 Å². The number of hydrogen-bond donors (Lipinski definition) is 2. The Labute approximate surface area is 119 Å². The van der Waals surface area contributed by atoms with Gasteiger partial charge in [-0.1, -0.05) is 36.4 Å². The van der Waals surface area contributed by atoms with Crippen LogP contribution in [-0.2, 0) is 4.79 Å². The molecule has 1 saturated carbocycles. The van der Waals surface area contributed by atoms with Crippen LogP contribution in [0.15, 0.2) is 0 Å². The van der Waals surface area contributed by atoms with E-state index in [0.29, 0.717) is 17.9 Å². The zero-order valence-corrected chi connectivity index (χ0v) is 13.3. The summed E-state index contributed by atoms with van der Waals surface area (Å²) in [4.78, 5) is 13.4. The van der Waals surface area contributed by atoms with Crippen LogP contribution in [0.5, 0.6) is 0 Å². The Morgan fingerprint density at radius 3 is 2.35 bits per heavy atom. The first-order chi connectivity index (χ1) is 8.12. The lowest BCUT2D eigenvalue weighted by Gasteiger charge is -2.45. The number of β-lactam (4-membered cyclic amide) rings is 1. The zero-order valence-electron chi connectivity index (χ0n) is 11.2. The molecule has 1 aliphatic carbocycles. The molecule has 17 heavy (non-hydrogen) atoms. The first kappa shape index (κ1) is 15.2. The Morgan fingerprint density at radius 2 is 2.00 bits per heavy atom. The van der Waals surface area contributed by atoms with Crippen molar-refractivity contribution in [2.75, 3.05) is 18.0 Å². The lowest BCUT2D eigenvalue weighted by Crippen LogP contribution is -2.61. The van der Waals surface area contributed by atoms with E-state index in [1.54, 1.807) is 0 Å². The standard InChI is InChI=1S/C12H22N2O.CH3I/c1-9(2)7-13-10-3-5-12(6-4-10)8-14-11(12)15;1-2/h9-10,13H,3-8H2,1-2H3,(H,14,15);1H3. The summed E-state index contributed by atoms with van der Waals surface area (Å²) in [7, 11) is 0. The van der Waals surface area contributed by atoms with Gasteiger partial charge < -0.3 is 10.6 Å². The van der Waals surface area contributed by atoms with E-state index >= 15 is 0 Å².